The lowest BCUT2D eigenvalue weighted by Gasteiger charge is -2.28. The number of pyridine rings is 1. The molecule has 6 heteroatoms. The van der Waals surface area contributed by atoms with E-state index >= 15 is 0 Å². The molecule has 1 aromatic rings. The Morgan fingerprint density at radius 1 is 1.52 bits per heavy atom. The summed E-state index contributed by atoms with van der Waals surface area (Å²) in [6.45, 7) is 2.74. The molecule has 1 fully saturated rings. The van der Waals surface area contributed by atoms with E-state index < -0.39 is 0 Å². The molecule has 1 saturated carbocycles. The van der Waals surface area contributed by atoms with Gasteiger partial charge in [0.2, 0.25) is 0 Å². The Bertz CT molecular complexity index is 498. The average Bonchev–Trinajstić information content (AvgIpc) is 2.49. The highest BCUT2D eigenvalue weighted by atomic mass is 79.9. The van der Waals surface area contributed by atoms with E-state index in [-0.39, 0.29) is 11.9 Å². The van der Waals surface area contributed by atoms with Gasteiger partial charge in [0, 0.05) is 28.5 Å². The van der Waals surface area contributed by atoms with Crippen molar-refractivity contribution < 1.29 is 4.79 Å². The molecule has 0 aromatic carbocycles. The Balaban J connectivity index is 2.07. The first kappa shape index (κ1) is 16.6. The third kappa shape index (κ3) is 4.61. The number of aromatic nitrogens is 1. The van der Waals surface area contributed by atoms with E-state index in [1.54, 1.807) is 6.20 Å². The fourth-order valence-electron chi connectivity index (χ4n) is 2.67. The molecule has 0 bridgehead atoms. The summed E-state index contributed by atoms with van der Waals surface area (Å²) in [6.07, 6.45) is 8.43. The standard InChI is InChI=1S/C15H22BrN3OS/c1-3-17-14-13(7-10(16)9-18-14)15(20)19-11-5-4-6-12(8-11)21-2/h7,9,11-12H,3-6,8H2,1-2H3,(H,17,18)(H,19,20). The normalized spacial score (nSPS) is 21.9. The molecule has 2 N–H and O–H groups in total. The van der Waals surface area contributed by atoms with Gasteiger partial charge in [0.15, 0.2) is 0 Å². The molecule has 2 unspecified atom stereocenters. The molecule has 1 amide bonds. The first-order valence-electron chi connectivity index (χ1n) is 7.37. The molecule has 0 saturated heterocycles. The molecule has 1 aliphatic rings. The van der Waals surface area contributed by atoms with Crippen molar-refractivity contribution in [2.75, 3.05) is 18.1 Å². The van der Waals surface area contributed by atoms with Crippen LogP contribution in [0.4, 0.5) is 5.82 Å². The van der Waals surface area contributed by atoms with Crippen LogP contribution in [0.25, 0.3) is 0 Å². The third-order valence-corrected chi connectivity index (χ3v) is 5.27. The fourth-order valence-corrected chi connectivity index (χ4v) is 3.83. The molecule has 116 valence electrons. The van der Waals surface area contributed by atoms with E-state index in [1.807, 2.05) is 24.8 Å². The number of hydrogen-bond donors (Lipinski definition) is 2. The summed E-state index contributed by atoms with van der Waals surface area (Å²) in [5, 5.41) is 6.98. The van der Waals surface area contributed by atoms with Crippen molar-refractivity contribution in [1.29, 1.82) is 0 Å². The van der Waals surface area contributed by atoms with Gasteiger partial charge >= 0.3 is 0 Å². The van der Waals surface area contributed by atoms with Gasteiger partial charge in [0.25, 0.3) is 5.91 Å². The Labute approximate surface area is 139 Å². The number of nitrogens with zero attached hydrogens (tertiary/aromatic N) is 1. The van der Waals surface area contributed by atoms with Gasteiger partial charge in [-0.15, -0.1) is 0 Å². The summed E-state index contributed by atoms with van der Waals surface area (Å²) in [5.41, 5.74) is 0.609. The van der Waals surface area contributed by atoms with Crippen LogP contribution in [-0.2, 0) is 0 Å². The van der Waals surface area contributed by atoms with Crippen LogP contribution in [0.15, 0.2) is 16.7 Å². The minimum Gasteiger partial charge on any atom is -0.370 e. The van der Waals surface area contributed by atoms with Crippen molar-refractivity contribution in [3.8, 4) is 0 Å². The monoisotopic (exact) mass is 371 g/mol. The topological polar surface area (TPSA) is 54.0 Å². The van der Waals surface area contributed by atoms with Gasteiger partial charge in [-0.25, -0.2) is 4.98 Å². The predicted octanol–water partition coefficient (Wildman–Crippen LogP) is 3.68. The van der Waals surface area contributed by atoms with Crippen LogP contribution in [-0.4, -0.2) is 35.0 Å². The van der Waals surface area contributed by atoms with Gasteiger partial charge in [-0.05, 0) is 54.4 Å². The molecule has 2 rings (SSSR count). The number of halogens is 1. The van der Waals surface area contributed by atoms with E-state index in [9.17, 15) is 4.79 Å². The van der Waals surface area contributed by atoms with Gasteiger partial charge in [0.1, 0.15) is 5.82 Å². The van der Waals surface area contributed by atoms with Crippen molar-refractivity contribution in [2.24, 2.45) is 0 Å². The van der Waals surface area contributed by atoms with Crippen LogP contribution in [0.3, 0.4) is 0 Å². The number of carbonyl (C=O) groups excluding carboxylic acids is 1. The average molecular weight is 372 g/mol. The maximum atomic E-state index is 12.5. The van der Waals surface area contributed by atoms with Gasteiger partial charge < -0.3 is 10.6 Å². The van der Waals surface area contributed by atoms with Crippen molar-refractivity contribution in [3.05, 3.63) is 22.3 Å². The zero-order chi connectivity index (χ0) is 15.2. The van der Waals surface area contributed by atoms with Crippen LogP contribution in [0.1, 0.15) is 43.0 Å². The number of carbonyl (C=O) groups is 1. The van der Waals surface area contributed by atoms with E-state index in [1.165, 1.54) is 12.8 Å². The zero-order valence-electron chi connectivity index (χ0n) is 12.5. The molecule has 0 radical (unpaired) electrons. The zero-order valence-corrected chi connectivity index (χ0v) is 14.9. The van der Waals surface area contributed by atoms with Crippen LogP contribution < -0.4 is 10.6 Å². The molecular weight excluding hydrogens is 350 g/mol. The van der Waals surface area contributed by atoms with Gasteiger partial charge in [-0.3, -0.25) is 4.79 Å². The SMILES string of the molecule is CCNc1ncc(Br)cc1C(=O)NC1CCCC(SC)C1. The lowest BCUT2D eigenvalue weighted by atomic mass is 9.94. The maximum Gasteiger partial charge on any atom is 0.255 e. The molecule has 0 spiro atoms. The highest BCUT2D eigenvalue weighted by molar-refractivity contribution is 9.10. The molecule has 2 atom stereocenters. The Hall–Kier alpha value is -0.750. The molecule has 1 aliphatic carbocycles. The summed E-state index contributed by atoms with van der Waals surface area (Å²) in [7, 11) is 0. The number of nitrogens with one attached hydrogen (secondary N) is 2. The molecule has 4 nitrogen and oxygen atoms in total. The highest BCUT2D eigenvalue weighted by Crippen LogP contribution is 2.27. The fraction of sp³-hybridized carbons (Fsp3) is 0.600. The van der Waals surface area contributed by atoms with Gasteiger partial charge in [-0.2, -0.15) is 11.8 Å². The van der Waals surface area contributed by atoms with Crippen molar-refractivity contribution in [3.63, 3.8) is 0 Å². The lowest BCUT2D eigenvalue weighted by Crippen LogP contribution is -2.39. The first-order valence-corrected chi connectivity index (χ1v) is 9.45. The summed E-state index contributed by atoms with van der Waals surface area (Å²) in [6, 6.07) is 2.10. The Morgan fingerprint density at radius 3 is 3.05 bits per heavy atom. The quantitative estimate of drug-likeness (QED) is 0.828. The molecule has 1 aromatic heterocycles. The van der Waals surface area contributed by atoms with Crippen molar-refractivity contribution in [2.45, 2.75) is 43.9 Å². The van der Waals surface area contributed by atoms with E-state index in [0.717, 1.165) is 23.9 Å². The summed E-state index contributed by atoms with van der Waals surface area (Å²) in [4.78, 5) is 16.8. The van der Waals surface area contributed by atoms with E-state index in [4.69, 9.17) is 0 Å². The maximum absolute atomic E-state index is 12.5. The van der Waals surface area contributed by atoms with Crippen molar-refractivity contribution in [1.82, 2.24) is 10.3 Å². The number of anilines is 1. The summed E-state index contributed by atoms with van der Waals surface area (Å²) in [5.74, 6) is 0.613. The van der Waals surface area contributed by atoms with Crippen LogP contribution >= 0.6 is 27.7 Å². The first-order chi connectivity index (χ1) is 10.1. The number of amides is 1. The van der Waals surface area contributed by atoms with Crippen molar-refractivity contribution >= 4 is 39.4 Å². The Morgan fingerprint density at radius 2 is 2.33 bits per heavy atom. The molecule has 21 heavy (non-hydrogen) atoms. The van der Waals surface area contributed by atoms with E-state index in [0.29, 0.717) is 16.6 Å². The minimum absolute atomic E-state index is 0.0356. The van der Waals surface area contributed by atoms with Crippen LogP contribution in [0.2, 0.25) is 0 Å². The second-order valence-electron chi connectivity index (χ2n) is 5.27. The van der Waals surface area contributed by atoms with Crippen LogP contribution in [0, 0.1) is 0 Å². The highest BCUT2D eigenvalue weighted by Gasteiger charge is 2.24. The minimum atomic E-state index is -0.0356. The molecular formula is C15H22BrN3OS. The third-order valence-electron chi connectivity index (χ3n) is 3.74. The lowest BCUT2D eigenvalue weighted by molar-refractivity contribution is 0.0929. The molecule has 1 heterocycles. The Kier molecular flexibility index (Phi) is 6.36. The molecule has 0 aliphatic heterocycles. The van der Waals surface area contributed by atoms with Gasteiger partial charge in [-0.1, -0.05) is 6.42 Å². The van der Waals surface area contributed by atoms with E-state index in [2.05, 4.69) is 37.8 Å². The summed E-state index contributed by atoms with van der Waals surface area (Å²) >= 11 is 5.29. The summed E-state index contributed by atoms with van der Waals surface area (Å²) < 4.78 is 0.819. The number of thioether (sulfide) groups is 1. The predicted molar refractivity (Wildman–Crippen MR) is 93.1 cm³/mol. The smallest absolute Gasteiger partial charge is 0.255 e. The number of hydrogen-bond acceptors (Lipinski definition) is 4. The second kappa shape index (κ2) is 8.03. The second-order valence-corrected chi connectivity index (χ2v) is 7.33. The largest absolute Gasteiger partial charge is 0.370 e. The number of rotatable bonds is 5. The van der Waals surface area contributed by atoms with Crippen LogP contribution in [0.5, 0.6) is 0 Å². The van der Waals surface area contributed by atoms with Gasteiger partial charge in [0.05, 0.1) is 5.56 Å².